The maximum absolute atomic E-state index is 12.1. The molecule has 0 unspecified atom stereocenters. The number of carbonyl (C=O) groups excluding carboxylic acids is 1. The molecule has 3 rings (SSSR count). The molecular weight excluding hydrogens is 280 g/mol. The Bertz CT molecular complexity index is 766. The van der Waals surface area contributed by atoms with Gasteiger partial charge in [0, 0.05) is 37.1 Å². The number of aryl methyl sites for hydroxylation is 1. The van der Waals surface area contributed by atoms with E-state index in [2.05, 4.69) is 25.8 Å². The van der Waals surface area contributed by atoms with Crippen LogP contribution in [0.5, 0.6) is 0 Å². The van der Waals surface area contributed by atoms with Gasteiger partial charge >= 0.3 is 0 Å². The SMILES string of the molecule is Cn1nnnc1-c1ccc(C(=O)NCc2cccnc2)cc1. The van der Waals surface area contributed by atoms with Gasteiger partial charge in [0.05, 0.1) is 0 Å². The van der Waals surface area contributed by atoms with Crippen molar-refractivity contribution in [3.63, 3.8) is 0 Å². The third-order valence-corrected chi connectivity index (χ3v) is 3.20. The van der Waals surface area contributed by atoms with Gasteiger partial charge in [0.25, 0.3) is 5.91 Å². The average molecular weight is 294 g/mol. The molecule has 7 nitrogen and oxygen atoms in total. The molecule has 110 valence electrons. The van der Waals surface area contributed by atoms with Gasteiger partial charge in [-0.3, -0.25) is 9.78 Å². The molecular formula is C15H14N6O. The van der Waals surface area contributed by atoms with Crippen molar-refractivity contribution < 1.29 is 4.79 Å². The summed E-state index contributed by atoms with van der Waals surface area (Å²) in [6.07, 6.45) is 3.43. The quantitative estimate of drug-likeness (QED) is 0.781. The van der Waals surface area contributed by atoms with E-state index in [-0.39, 0.29) is 5.91 Å². The Morgan fingerprint density at radius 1 is 1.23 bits per heavy atom. The van der Waals surface area contributed by atoms with Crippen molar-refractivity contribution in [3.05, 3.63) is 59.9 Å². The highest BCUT2D eigenvalue weighted by atomic mass is 16.1. The molecule has 22 heavy (non-hydrogen) atoms. The molecule has 0 saturated carbocycles. The fraction of sp³-hybridized carbons (Fsp3) is 0.133. The molecule has 0 saturated heterocycles. The first-order valence-electron chi connectivity index (χ1n) is 6.74. The average Bonchev–Trinajstić information content (AvgIpc) is 3.00. The summed E-state index contributed by atoms with van der Waals surface area (Å²) in [5.74, 6) is 0.522. The molecule has 1 amide bonds. The Morgan fingerprint density at radius 2 is 2.05 bits per heavy atom. The van der Waals surface area contributed by atoms with E-state index in [1.165, 1.54) is 0 Å². The second kappa shape index (κ2) is 6.13. The molecule has 2 heterocycles. The molecule has 1 N–H and O–H groups in total. The summed E-state index contributed by atoms with van der Waals surface area (Å²) in [6.45, 7) is 0.446. The molecule has 0 bridgehead atoms. The topological polar surface area (TPSA) is 85.6 Å². The lowest BCUT2D eigenvalue weighted by Gasteiger charge is -2.06. The van der Waals surface area contributed by atoms with E-state index >= 15 is 0 Å². The van der Waals surface area contributed by atoms with E-state index in [1.54, 1.807) is 36.3 Å². The molecule has 3 aromatic rings. The van der Waals surface area contributed by atoms with E-state index in [1.807, 2.05) is 24.3 Å². The smallest absolute Gasteiger partial charge is 0.251 e. The third-order valence-electron chi connectivity index (χ3n) is 3.20. The number of nitrogens with one attached hydrogen (secondary N) is 1. The fourth-order valence-electron chi connectivity index (χ4n) is 2.03. The first kappa shape index (κ1) is 13.9. The van der Waals surface area contributed by atoms with Crippen LogP contribution in [0.4, 0.5) is 0 Å². The van der Waals surface area contributed by atoms with Crippen LogP contribution in [0.3, 0.4) is 0 Å². The molecule has 0 aliphatic heterocycles. The number of hydrogen-bond acceptors (Lipinski definition) is 5. The van der Waals surface area contributed by atoms with Crippen molar-refractivity contribution in [2.75, 3.05) is 0 Å². The predicted molar refractivity (Wildman–Crippen MR) is 79.6 cm³/mol. The molecule has 0 atom stereocenters. The first-order chi connectivity index (χ1) is 10.7. The summed E-state index contributed by atoms with van der Waals surface area (Å²) in [5, 5.41) is 14.2. The summed E-state index contributed by atoms with van der Waals surface area (Å²) in [6, 6.07) is 10.9. The minimum absolute atomic E-state index is 0.133. The van der Waals surface area contributed by atoms with Crippen molar-refractivity contribution in [1.82, 2.24) is 30.5 Å². The van der Waals surface area contributed by atoms with Crippen LogP contribution in [0.2, 0.25) is 0 Å². The standard InChI is InChI=1S/C15H14N6O/c1-21-14(18-19-20-21)12-4-6-13(7-5-12)15(22)17-10-11-3-2-8-16-9-11/h2-9H,10H2,1H3,(H,17,22). The second-order valence-electron chi connectivity index (χ2n) is 4.75. The highest BCUT2D eigenvalue weighted by molar-refractivity contribution is 5.94. The fourth-order valence-corrected chi connectivity index (χ4v) is 2.03. The summed E-state index contributed by atoms with van der Waals surface area (Å²) in [7, 11) is 1.77. The van der Waals surface area contributed by atoms with Crippen molar-refractivity contribution in [1.29, 1.82) is 0 Å². The van der Waals surface area contributed by atoms with Gasteiger partial charge in [0.1, 0.15) is 0 Å². The van der Waals surface area contributed by atoms with Crippen LogP contribution in [-0.4, -0.2) is 31.1 Å². The monoisotopic (exact) mass is 294 g/mol. The van der Waals surface area contributed by atoms with Crippen LogP contribution in [0.25, 0.3) is 11.4 Å². The van der Waals surface area contributed by atoms with Crippen molar-refractivity contribution >= 4 is 5.91 Å². The third kappa shape index (κ3) is 2.98. The lowest BCUT2D eigenvalue weighted by atomic mass is 10.1. The van der Waals surface area contributed by atoms with E-state index in [0.717, 1.165) is 11.1 Å². The summed E-state index contributed by atoms with van der Waals surface area (Å²) < 4.78 is 1.58. The molecule has 7 heteroatoms. The van der Waals surface area contributed by atoms with Crippen molar-refractivity contribution in [3.8, 4) is 11.4 Å². The number of aromatic nitrogens is 5. The summed E-state index contributed by atoms with van der Waals surface area (Å²) in [5.41, 5.74) is 2.40. The first-order valence-corrected chi connectivity index (χ1v) is 6.74. The molecule has 0 aliphatic rings. The maximum Gasteiger partial charge on any atom is 0.251 e. The number of hydrogen-bond donors (Lipinski definition) is 1. The zero-order chi connectivity index (χ0) is 15.4. The van der Waals surface area contributed by atoms with Gasteiger partial charge in [-0.15, -0.1) is 5.10 Å². The zero-order valence-electron chi connectivity index (χ0n) is 12.0. The lowest BCUT2D eigenvalue weighted by Crippen LogP contribution is -2.22. The van der Waals surface area contributed by atoms with Crippen molar-refractivity contribution in [2.45, 2.75) is 6.54 Å². The Morgan fingerprint density at radius 3 is 2.68 bits per heavy atom. The van der Waals surface area contributed by atoms with Gasteiger partial charge in [-0.05, 0) is 34.2 Å². The largest absolute Gasteiger partial charge is 0.348 e. The highest BCUT2D eigenvalue weighted by Crippen LogP contribution is 2.15. The maximum atomic E-state index is 12.1. The second-order valence-corrected chi connectivity index (χ2v) is 4.75. The molecule has 0 spiro atoms. The van der Waals surface area contributed by atoms with Gasteiger partial charge in [-0.2, -0.15) is 0 Å². The van der Waals surface area contributed by atoms with Crippen LogP contribution < -0.4 is 5.32 Å². The number of nitrogens with zero attached hydrogens (tertiary/aromatic N) is 5. The van der Waals surface area contributed by atoms with Gasteiger partial charge in [0.15, 0.2) is 5.82 Å². The molecule has 0 aliphatic carbocycles. The minimum atomic E-state index is -0.133. The van der Waals surface area contributed by atoms with Gasteiger partial charge in [-0.1, -0.05) is 18.2 Å². The van der Waals surface area contributed by atoms with Crippen LogP contribution in [0.1, 0.15) is 15.9 Å². The number of amides is 1. The minimum Gasteiger partial charge on any atom is -0.348 e. The number of benzene rings is 1. The molecule has 1 aromatic carbocycles. The number of pyridine rings is 1. The van der Waals surface area contributed by atoms with Gasteiger partial charge < -0.3 is 5.32 Å². The van der Waals surface area contributed by atoms with Crippen LogP contribution in [-0.2, 0) is 13.6 Å². The van der Waals surface area contributed by atoms with Crippen LogP contribution in [0.15, 0.2) is 48.8 Å². The Balaban J connectivity index is 1.67. The Labute approximate surface area is 127 Å². The number of tetrazole rings is 1. The lowest BCUT2D eigenvalue weighted by molar-refractivity contribution is 0.0951. The van der Waals surface area contributed by atoms with Gasteiger partial charge in [0.2, 0.25) is 0 Å². The highest BCUT2D eigenvalue weighted by Gasteiger charge is 2.08. The zero-order valence-corrected chi connectivity index (χ0v) is 12.0. The predicted octanol–water partition coefficient (Wildman–Crippen LogP) is 1.20. The van der Waals surface area contributed by atoms with Crippen molar-refractivity contribution in [2.24, 2.45) is 7.05 Å². The normalized spacial score (nSPS) is 10.4. The van der Waals surface area contributed by atoms with E-state index in [4.69, 9.17) is 0 Å². The van der Waals surface area contributed by atoms with Crippen LogP contribution in [0, 0.1) is 0 Å². The van der Waals surface area contributed by atoms with Crippen LogP contribution >= 0.6 is 0 Å². The Hall–Kier alpha value is -3.09. The van der Waals surface area contributed by atoms with Gasteiger partial charge in [-0.25, -0.2) is 4.68 Å². The Kier molecular flexibility index (Phi) is 3.86. The molecule has 2 aromatic heterocycles. The molecule has 0 fully saturated rings. The summed E-state index contributed by atoms with van der Waals surface area (Å²) in [4.78, 5) is 16.1. The summed E-state index contributed by atoms with van der Waals surface area (Å²) >= 11 is 0. The number of rotatable bonds is 4. The number of carbonyl (C=O) groups is 1. The van der Waals surface area contributed by atoms with E-state index in [0.29, 0.717) is 17.9 Å². The molecule has 0 radical (unpaired) electrons. The van der Waals surface area contributed by atoms with E-state index < -0.39 is 0 Å². The van der Waals surface area contributed by atoms with E-state index in [9.17, 15) is 4.79 Å².